The van der Waals surface area contributed by atoms with Crippen molar-refractivity contribution in [3.63, 3.8) is 0 Å². The predicted molar refractivity (Wildman–Crippen MR) is 91.5 cm³/mol. The Hall–Kier alpha value is -2.30. The highest BCUT2D eigenvalue weighted by Gasteiger charge is 2.14. The average Bonchev–Trinajstić information content (AvgIpc) is 2.84. The van der Waals surface area contributed by atoms with Crippen molar-refractivity contribution in [3.8, 4) is 0 Å². The zero-order chi connectivity index (χ0) is 17.0. The van der Waals surface area contributed by atoms with E-state index in [1.54, 1.807) is 4.90 Å². The number of benzene rings is 1. The maximum absolute atomic E-state index is 12.3. The highest BCUT2D eigenvalue weighted by Crippen LogP contribution is 2.16. The fraction of sp³-hybridized carbons (Fsp3) is 0.444. The molecule has 5 nitrogen and oxygen atoms in total. The highest BCUT2D eigenvalue weighted by atomic mass is 16.5. The van der Waals surface area contributed by atoms with Crippen molar-refractivity contribution in [2.45, 2.75) is 33.2 Å². The van der Waals surface area contributed by atoms with E-state index in [0.717, 1.165) is 28.3 Å². The molecule has 0 spiro atoms. The third-order valence-electron chi connectivity index (χ3n) is 4.07. The standard InChI is InChI=1S/C18H25N3O2/c1-13-17(14(2)23-19-13)10-11-18(22)21(5)12-15-6-8-16(9-7-15)20(3)4/h6-9H,10-12H2,1-5H3. The summed E-state index contributed by atoms with van der Waals surface area (Å²) in [7, 11) is 5.87. The van der Waals surface area contributed by atoms with Crippen molar-refractivity contribution >= 4 is 11.6 Å². The smallest absolute Gasteiger partial charge is 0.222 e. The number of carbonyl (C=O) groups excluding carboxylic acids is 1. The van der Waals surface area contributed by atoms with Crippen LogP contribution >= 0.6 is 0 Å². The fourth-order valence-electron chi connectivity index (χ4n) is 2.54. The molecule has 124 valence electrons. The SMILES string of the molecule is Cc1noc(C)c1CCC(=O)N(C)Cc1ccc(N(C)C)cc1. The Morgan fingerprint density at radius 1 is 1.13 bits per heavy atom. The van der Waals surface area contributed by atoms with Crippen LogP contribution in [0.15, 0.2) is 28.8 Å². The van der Waals surface area contributed by atoms with E-state index in [9.17, 15) is 4.79 Å². The van der Waals surface area contributed by atoms with E-state index in [0.29, 0.717) is 19.4 Å². The molecule has 0 fully saturated rings. The molecule has 1 heterocycles. The first-order chi connectivity index (χ1) is 10.9. The number of aromatic nitrogens is 1. The fourth-order valence-corrected chi connectivity index (χ4v) is 2.54. The van der Waals surface area contributed by atoms with Crippen molar-refractivity contribution in [1.82, 2.24) is 10.1 Å². The van der Waals surface area contributed by atoms with Gasteiger partial charge in [0.1, 0.15) is 5.76 Å². The Bertz CT molecular complexity index is 640. The topological polar surface area (TPSA) is 49.6 Å². The molecule has 5 heteroatoms. The molecular weight excluding hydrogens is 290 g/mol. The van der Waals surface area contributed by atoms with Crippen molar-refractivity contribution in [3.05, 3.63) is 46.8 Å². The van der Waals surface area contributed by atoms with Crippen LogP contribution < -0.4 is 4.90 Å². The van der Waals surface area contributed by atoms with Gasteiger partial charge < -0.3 is 14.3 Å². The average molecular weight is 315 g/mol. The summed E-state index contributed by atoms with van der Waals surface area (Å²) in [5.41, 5.74) is 4.20. The van der Waals surface area contributed by atoms with Crippen LogP contribution in [-0.4, -0.2) is 37.1 Å². The lowest BCUT2D eigenvalue weighted by Gasteiger charge is -2.18. The number of hydrogen-bond donors (Lipinski definition) is 0. The first kappa shape index (κ1) is 17.1. The van der Waals surface area contributed by atoms with Gasteiger partial charge >= 0.3 is 0 Å². The second-order valence-corrected chi connectivity index (χ2v) is 6.11. The summed E-state index contributed by atoms with van der Waals surface area (Å²) < 4.78 is 5.14. The number of nitrogens with zero attached hydrogens (tertiary/aromatic N) is 3. The summed E-state index contributed by atoms with van der Waals surface area (Å²) in [6.07, 6.45) is 1.14. The van der Waals surface area contributed by atoms with E-state index < -0.39 is 0 Å². The molecule has 1 aromatic carbocycles. The van der Waals surface area contributed by atoms with Crippen molar-refractivity contribution in [2.24, 2.45) is 0 Å². The number of amides is 1. The van der Waals surface area contributed by atoms with Gasteiger partial charge in [-0.05, 0) is 38.0 Å². The van der Waals surface area contributed by atoms with Crippen molar-refractivity contribution in [1.29, 1.82) is 0 Å². The Morgan fingerprint density at radius 3 is 2.30 bits per heavy atom. The van der Waals surface area contributed by atoms with Gasteiger partial charge in [-0.15, -0.1) is 0 Å². The normalized spacial score (nSPS) is 10.7. The molecule has 0 atom stereocenters. The molecule has 0 saturated carbocycles. The summed E-state index contributed by atoms with van der Waals surface area (Å²) in [6, 6.07) is 8.26. The van der Waals surface area contributed by atoms with Crippen LogP contribution in [0, 0.1) is 13.8 Å². The van der Waals surface area contributed by atoms with Gasteiger partial charge in [0.15, 0.2) is 0 Å². The Balaban J connectivity index is 1.89. The third-order valence-corrected chi connectivity index (χ3v) is 4.07. The first-order valence-electron chi connectivity index (χ1n) is 7.80. The van der Waals surface area contributed by atoms with Crippen LogP contribution in [0.5, 0.6) is 0 Å². The summed E-state index contributed by atoms with van der Waals surface area (Å²) in [5, 5.41) is 3.93. The molecule has 0 aliphatic heterocycles. The summed E-state index contributed by atoms with van der Waals surface area (Å²) in [4.78, 5) is 16.1. The van der Waals surface area contributed by atoms with Gasteiger partial charge in [0, 0.05) is 45.4 Å². The van der Waals surface area contributed by atoms with Crippen LogP contribution in [-0.2, 0) is 17.8 Å². The quantitative estimate of drug-likeness (QED) is 0.822. The molecule has 0 unspecified atom stereocenters. The van der Waals surface area contributed by atoms with E-state index in [4.69, 9.17) is 4.52 Å². The second kappa shape index (κ2) is 7.31. The minimum Gasteiger partial charge on any atom is -0.378 e. The monoisotopic (exact) mass is 315 g/mol. The molecule has 0 bridgehead atoms. The van der Waals surface area contributed by atoms with Crippen molar-refractivity contribution in [2.75, 3.05) is 26.0 Å². The highest BCUT2D eigenvalue weighted by molar-refractivity contribution is 5.76. The van der Waals surface area contributed by atoms with Gasteiger partial charge in [-0.25, -0.2) is 0 Å². The maximum Gasteiger partial charge on any atom is 0.222 e. The molecule has 23 heavy (non-hydrogen) atoms. The molecular formula is C18H25N3O2. The second-order valence-electron chi connectivity index (χ2n) is 6.11. The molecule has 1 amide bonds. The van der Waals surface area contributed by atoms with E-state index in [1.807, 2.05) is 35.0 Å². The lowest BCUT2D eigenvalue weighted by molar-refractivity contribution is -0.130. The zero-order valence-electron chi connectivity index (χ0n) is 14.6. The van der Waals surface area contributed by atoms with Crippen LogP contribution in [0.1, 0.15) is 29.0 Å². The number of rotatable bonds is 6. The Kier molecular flexibility index (Phi) is 5.42. The number of aryl methyl sites for hydroxylation is 2. The van der Waals surface area contributed by atoms with Gasteiger partial charge in [0.2, 0.25) is 5.91 Å². The van der Waals surface area contributed by atoms with E-state index in [1.165, 1.54) is 0 Å². The molecule has 0 radical (unpaired) electrons. The van der Waals surface area contributed by atoms with Gasteiger partial charge in [0.05, 0.1) is 5.69 Å². The van der Waals surface area contributed by atoms with Crippen LogP contribution in [0.4, 0.5) is 5.69 Å². The lowest BCUT2D eigenvalue weighted by atomic mass is 10.1. The molecule has 0 aliphatic rings. The lowest BCUT2D eigenvalue weighted by Crippen LogP contribution is -2.26. The van der Waals surface area contributed by atoms with Crippen LogP contribution in [0.2, 0.25) is 0 Å². The number of carbonyl (C=O) groups is 1. The Labute approximate surface area is 137 Å². The molecule has 1 aromatic heterocycles. The summed E-state index contributed by atoms with van der Waals surface area (Å²) in [5.74, 6) is 0.930. The molecule has 2 aromatic rings. The van der Waals surface area contributed by atoms with Crippen molar-refractivity contribution < 1.29 is 9.32 Å². The third kappa shape index (κ3) is 4.34. The van der Waals surface area contributed by atoms with E-state index in [-0.39, 0.29) is 5.91 Å². The van der Waals surface area contributed by atoms with Gasteiger partial charge in [-0.1, -0.05) is 17.3 Å². The number of anilines is 1. The molecule has 0 saturated heterocycles. The molecule has 0 aliphatic carbocycles. The van der Waals surface area contributed by atoms with Crippen LogP contribution in [0.3, 0.4) is 0 Å². The zero-order valence-corrected chi connectivity index (χ0v) is 14.6. The minimum atomic E-state index is 0.127. The van der Waals surface area contributed by atoms with E-state index in [2.05, 4.69) is 34.3 Å². The van der Waals surface area contributed by atoms with Gasteiger partial charge in [0.25, 0.3) is 0 Å². The Morgan fingerprint density at radius 2 is 1.78 bits per heavy atom. The van der Waals surface area contributed by atoms with Gasteiger partial charge in [-0.3, -0.25) is 4.79 Å². The van der Waals surface area contributed by atoms with E-state index >= 15 is 0 Å². The summed E-state index contributed by atoms with van der Waals surface area (Å²) in [6.45, 7) is 4.41. The molecule has 2 rings (SSSR count). The number of hydrogen-bond acceptors (Lipinski definition) is 4. The largest absolute Gasteiger partial charge is 0.378 e. The van der Waals surface area contributed by atoms with Crippen LogP contribution in [0.25, 0.3) is 0 Å². The minimum absolute atomic E-state index is 0.127. The predicted octanol–water partition coefficient (Wildman–Crippen LogP) is 2.95. The summed E-state index contributed by atoms with van der Waals surface area (Å²) >= 11 is 0. The first-order valence-corrected chi connectivity index (χ1v) is 7.80. The maximum atomic E-state index is 12.3. The molecule has 0 N–H and O–H groups in total. The van der Waals surface area contributed by atoms with Gasteiger partial charge in [-0.2, -0.15) is 0 Å².